The van der Waals surface area contributed by atoms with E-state index in [1.165, 1.54) is 23.0 Å². The molecule has 0 saturated heterocycles. The smallest absolute Gasteiger partial charge is 0.258 e. The minimum Gasteiger partial charge on any atom is -0.618 e. The van der Waals surface area contributed by atoms with E-state index in [9.17, 15) is 10.0 Å². The third-order valence-electron chi connectivity index (χ3n) is 8.03. The number of para-hydroxylation sites is 2. The second kappa shape index (κ2) is 11.5. The first-order valence-corrected chi connectivity index (χ1v) is 14.1. The second-order valence-electron chi connectivity index (χ2n) is 10.8. The minimum absolute atomic E-state index is 0.202. The molecule has 3 heterocycles. The summed E-state index contributed by atoms with van der Waals surface area (Å²) in [6.07, 6.45) is 6.57. The van der Waals surface area contributed by atoms with Crippen LogP contribution in [0.1, 0.15) is 68.7 Å². The third kappa shape index (κ3) is 5.69. The number of rotatable bonds is 8. The van der Waals surface area contributed by atoms with E-state index < -0.39 is 0 Å². The van der Waals surface area contributed by atoms with Crippen molar-refractivity contribution in [2.75, 3.05) is 0 Å². The van der Waals surface area contributed by atoms with Gasteiger partial charge in [0.15, 0.2) is 6.20 Å². The summed E-state index contributed by atoms with van der Waals surface area (Å²) < 4.78 is 0.730. The number of aromatic nitrogens is 4. The number of nitrogens with one attached hydrogen (secondary N) is 2. The average Bonchev–Trinajstić information content (AvgIpc) is 3.41. The number of pyridine rings is 2. The normalized spacial score (nSPS) is 14.8. The van der Waals surface area contributed by atoms with Crippen molar-refractivity contribution in [3.63, 3.8) is 0 Å². The molecule has 0 spiro atoms. The molecule has 0 fully saturated rings. The maximum Gasteiger partial charge on any atom is 0.258 e. The fourth-order valence-electron chi connectivity index (χ4n) is 5.87. The summed E-state index contributed by atoms with van der Waals surface area (Å²) in [6, 6.07) is 22.6. The van der Waals surface area contributed by atoms with Crippen LogP contribution >= 0.6 is 0 Å². The second-order valence-corrected chi connectivity index (χ2v) is 10.8. The molecule has 1 amide bonds. The standard InChI is InChI=1S/C33H34N6O2/c1-22-16-18-39(41)23(2)31(22)33(40)35-19-24-12-14-25(15-13-24)20-38(21-30-36-27-9-3-4-10-28(27)37-30)29-11-5-7-26-8-6-17-34-32(26)29/h3-4,6,8-10,12-18,29H,5,7,11,19-21H2,1-2H3,(H,35,40)(H,36,37). The van der Waals surface area contributed by atoms with Crippen LogP contribution in [-0.2, 0) is 26.1 Å². The van der Waals surface area contributed by atoms with Gasteiger partial charge in [-0.1, -0.05) is 42.5 Å². The fraction of sp³-hybridized carbons (Fsp3) is 0.273. The Balaban J connectivity index is 1.20. The molecule has 1 unspecified atom stereocenters. The van der Waals surface area contributed by atoms with Crippen molar-refractivity contribution >= 4 is 16.9 Å². The van der Waals surface area contributed by atoms with E-state index in [-0.39, 0.29) is 11.9 Å². The zero-order chi connectivity index (χ0) is 28.3. The van der Waals surface area contributed by atoms with Crippen molar-refractivity contribution in [2.24, 2.45) is 0 Å². The quantitative estimate of drug-likeness (QED) is 0.205. The third-order valence-corrected chi connectivity index (χ3v) is 8.03. The van der Waals surface area contributed by atoms with Gasteiger partial charge in [-0.3, -0.25) is 14.7 Å². The SMILES string of the molecule is Cc1cc[n+]([O-])c(C)c1C(=O)NCc1ccc(CN(Cc2nc3ccccc3[nH]2)C2CCCc3cccnc32)cc1. The number of imidazole rings is 1. The molecule has 8 nitrogen and oxygen atoms in total. The van der Waals surface area contributed by atoms with Crippen LogP contribution in [0.4, 0.5) is 0 Å². The minimum atomic E-state index is -0.241. The highest BCUT2D eigenvalue weighted by atomic mass is 16.5. The summed E-state index contributed by atoms with van der Waals surface area (Å²) in [4.78, 5) is 28.5. The van der Waals surface area contributed by atoms with E-state index in [2.05, 4.69) is 51.6 Å². The van der Waals surface area contributed by atoms with Crippen molar-refractivity contribution in [2.45, 2.75) is 58.8 Å². The highest BCUT2D eigenvalue weighted by molar-refractivity contribution is 5.96. The van der Waals surface area contributed by atoms with E-state index in [4.69, 9.17) is 9.97 Å². The molecular formula is C33H34N6O2. The molecule has 1 aliphatic rings. The van der Waals surface area contributed by atoms with Gasteiger partial charge in [0.2, 0.25) is 5.69 Å². The van der Waals surface area contributed by atoms with Crippen LogP contribution in [-0.4, -0.2) is 25.8 Å². The van der Waals surface area contributed by atoms with Gasteiger partial charge in [0.1, 0.15) is 11.4 Å². The highest BCUT2D eigenvalue weighted by Crippen LogP contribution is 2.34. The lowest BCUT2D eigenvalue weighted by Crippen LogP contribution is -2.35. The van der Waals surface area contributed by atoms with Crippen molar-refractivity contribution in [1.29, 1.82) is 0 Å². The Morgan fingerprint density at radius 3 is 2.68 bits per heavy atom. The number of hydrogen-bond acceptors (Lipinski definition) is 5. The van der Waals surface area contributed by atoms with Gasteiger partial charge in [0, 0.05) is 32.3 Å². The predicted octanol–water partition coefficient (Wildman–Crippen LogP) is 5.22. The van der Waals surface area contributed by atoms with E-state index in [1.807, 2.05) is 37.4 Å². The number of aryl methyl sites for hydroxylation is 2. The number of hydrogen-bond donors (Lipinski definition) is 2. The molecule has 2 aromatic carbocycles. The largest absolute Gasteiger partial charge is 0.618 e. The molecule has 0 bridgehead atoms. The van der Waals surface area contributed by atoms with Gasteiger partial charge in [0.05, 0.1) is 29.3 Å². The maximum atomic E-state index is 12.9. The topological polar surface area (TPSA) is 101 Å². The van der Waals surface area contributed by atoms with Crippen molar-refractivity contribution < 1.29 is 9.52 Å². The summed E-state index contributed by atoms with van der Waals surface area (Å²) >= 11 is 0. The highest BCUT2D eigenvalue weighted by Gasteiger charge is 2.28. The van der Waals surface area contributed by atoms with Crippen LogP contribution in [0.15, 0.2) is 79.1 Å². The summed E-state index contributed by atoms with van der Waals surface area (Å²) in [5, 5.41) is 14.9. The molecule has 3 aromatic heterocycles. The van der Waals surface area contributed by atoms with Crippen LogP contribution in [0.25, 0.3) is 11.0 Å². The first kappa shape index (κ1) is 26.7. The van der Waals surface area contributed by atoms with Crippen molar-refractivity contribution in [3.8, 4) is 0 Å². The first-order chi connectivity index (χ1) is 20.0. The van der Waals surface area contributed by atoms with E-state index >= 15 is 0 Å². The lowest BCUT2D eigenvalue weighted by molar-refractivity contribution is -0.612. The van der Waals surface area contributed by atoms with Crippen LogP contribution < -0.4 is 10.0 Å². The Kier molecular flexibility index (Phi) is 7.48. The van der Waals surface area contributed by atoms with Crippen molar-refractivity contribution in [3.05, 3.63) is 129 Å². The molecule has 0 radical (unpaired) electrons. The van der Waals surface area contributed by atoms with Gasteiger partial charge in [0.25, 0.3) is 5.91 Å². The fourth-order valence-corrected chi connectivity index (χ4v) is 5.87. The lowest BCUT2D eigenvalue weighted by Gasteiger charge is -2.34. The van der Waals surface area contributed by atoms with Crippen molar-refractivity contribution in [1.82, 2.24) is 25.2 Å². The lowest BCUT2D eigenvalue weighted by atomic mass is 9.90. The number of amides is 1. The average molecular weight is 547 g/mol. The van der Waals surface area contributed by atoms with E-state index in [0.29, 0.717) is 24.3 Å². The van der Waals surface area contributed by atoms with Gasteiger partial charge < -0.3 is 15.5 Å². The van der Waals surface area contributed by atoms with Gasteiger partial charge in [-0.2, -0.15) is 4.73 Å². The molecule has 8 heteroatoms. The Bertz CT molecular complexity index is 1660. The van der Waals surface area contributed by atoms with E-state index in [0.717, 1.165) is 58.5 Å². The van der Waals surface area contributed by atoms with Crippen LogP contribution in [0, 0.1) is 19.1 Å². The number of aromatic amines is 1. The number of nitrogens with zero attached hydrogens (tertiary/aromatic N) is 4. The first-order valence-electron chi connectivity index (χ1n) is 14.1. The Morgan fingerprint density at radius 1 is 1.05 bits per heavy atom. The van der Waals surface area contributed by atoms with Crippen LogP contribution in [0.3, 0.4) is 0 Å². The molecule has 1 atom stereocenters. The van der Waals surface area contributed by atoms with Crippen LogP contribution in [0.2, 0.25) is 0 Å². The maximum absolute atomic E-state index is 12.9. The molecule has 6 rings (SSSR count). The molecule has 0 saturated carbocycles. The van der Waals surface area contributed by atoms with Gasteiger partial charge >= 0.3 is 0 Å². The summed E-state index contributed by atoms with van der Waals surface area (Å²) in [6.45, 7) is 5.32. The monoisotopic (exact) mass is 546 g/mol. The van der Waals surface area contributed by atoms with Gasteiger partial charge in [-0.05, 0) is 66.6 Å². The summed E-state index contributed by atoms with van der Waals surface area (Å²) in [5.41, 5.74) is 8.31. The number of H-pyrrole nitrogens is 1. The number of carbonyl (C=O) groups excluding carboxylic acids is 1. The van der Waals surface area contributed by atoms with Gasteiger partial charge in [-0.25, -0.2) is 4.98 Å². The zero-order valence-corrected chi connectivity index (χ0v) is 23.4. The predicted molar refractivity (Wildman–Crippen MR) is 158 cm³/mol. The van der Waals surface area contributed by atoms with Gasteiger partial charge in [-0.15, -0.1) is 0 Å². The molecule has 1 aliphatic carbocycles. The molecule has 5 aromatic rings. The molecule has 2 N–H and O–H groups in total. The molecular weight excluding hydrogens is 512 g/mol. The molecule has 208 valence electrons. The molecule has 41 heavy (non-hydrogen) atoms. The zero-order valence-electron chi connectivity index (χ0n) is 23.4. The van der Waals surface area contributed by atoms with Crippen LogP contribution in [0.5, 0.6) is 0 Å². The Hall–Kier alpha value is -4.56. The molecule has 0 aliphatic heterocycles. The Labute approximate surface area is 239 Å². The number of benzene rings is 2. The summed E-state index contributed by atoms with van der Waals surface area (Å²) in [5.74, 6) is 0.703. The number of carbonyl (C=O) groups is 1. The number of fused-ring (bicyclic) bond motifs is 2. The Morgan fingerprint density at radius 2 is 1.85 bits per heavy atom. The van der Waals surface area contributed by atoms with E-state index in [1.54, 1.807) is 13.0 Å². The summed E-state index contributed by atoms with van der Waals surface area (Å²) in [7, 11) is 0.